The fourth-order valence-corrected chi connectivity index (χ4v) is 2.94. The van der Waals surface area contributed by atoms with E-state index in [2.05, 4.69) is 37.4 Å². The first-order chi connectivity index (χ1) is 12.6. The molecule has 26 heavy (non-hydrogen) atoms. The second-order valence-electron chi connectivity index (χ2n) is 5.66. The molecule has 2 aromatic heterocycles. The predicted octanol–water partition coefficient (Wildman–Crippen LogP) is 2.78. The molecule has 0 spiro atoms. The summed E-state index contributed by atoms with van der Waals surface area (Å²) in [6, 6.07) is 13.3. The first kappa shape index (κ1) is 17.8. The molecule has 3 aromatic rings. The highest BCUT2D eigenvalue weighted by Crippen LogP contribution is 2.21. The first-order valence-electron chi connectivity index (χ1n) is 8.05. The number of aromatic nitrogens is 3. The molecule has 8 heteroatoms. The number of hydrogen-bond donors (Lipinski definition) is 3. The van der Waals surface area contributed by atoms with Crippen molar-refractivity contribution in [3.05, 3.63) is 64.0 Å². The number of carbonyl (C=O) groups is 1. The summed E-state index contributed by atoms with van der Waals surface area (Å²) in [6.45, 7) is 0.471. The summed E-state index contributed by atoms with van der Waals surface area (Å²) >= 11 is 3.29. The van der Waals surface area contributed by atoms with E-state index in [1.165, 1.54) is 0 Å². The molecule has 0 saturated heterocycles. The highest BCUT2D eigenvalue weighted by molar-refractivity contribution is 9.10. The van der Waals surface area contributed by atoms with Crippen LogP contribution < -0.4 is 11.1 Å². The maximum Gasteiger partial charge on any atom is 0.267 e. The van der Waals surface area contributed by atoms with Gasteiger partial charge in [-0.3, -0.25) is 4.79 Å². The van der Waals surface area contributed by atoms with E-state index in [0.717, 1.165) is 10.2 Å². The quantitative estimate of drug-likeness (QED) is 0.540. The number of anilines is 1. The van der Waals surface area contributed by atoms with E-state index in [9.17, 15) is 10.1 Å². The van der Waals surface area contributed by atoms with Gasteiger partial charge in [0.15, 0.2) is 0 Å². The van der Waals surface area contributed by atoms with Gasteiger partial charge in [-0.05, 0) is 47.0 Å². The van der Waals surface area contributed by atoms with Crippen LogP contribution in [-0.4, -0.2) is 27.2 Å². The van der Waals surface area contributed by atoms with Crippen LogP contribution in [0.25, 0.3) is 5.69 Å². The van der Waals surface area contributed by atoms with Crippen LogP contribution in [0.3, 0.4) is 0 Å². The fourth-order valence-electron chi connectivity index (χ4n) is 2.59. The summed E-state index contributed by atoms with van der Waals surface area (Å²) in [5.41, 5.74) is 8.39. The van der Waals surface area contributed by atoms with E-state index >= 15 is 0 Å². The number of amides is 1. The molecule has 0 aliphatic heterocycles. The summed E-state index contributed by atoms with van der Waals surface area (Å²) in [7, 11) is 0. The third-order valence-corrected chi connectivity index (χ3v) is 4.33. The molecule has 0 saturated carbocycles. The van der Waals surface area contributed by atoms with Gasteiger partial charge in [-0.15, -0.1) is 0 Å². The van der Waals surface area contributed by atoms with Crippen LogP contribution >= 0.6 is 15.9 Å². The largest absolute Gasteiger partial charge is 0.382 e. The van der Waals surface area contributed by atoms with Crippen molar-refractivity contribution < 1.29 is 4.79 Å². The Balaban J connectivity index is 1.63. The molecule has 132 valence electrons. The maximum atomic E-state index is 12.0. The van der Waals surface area contributed by atoms with E-state index in [0.29, 0.717) is 42.2 Å². The van der Waals surface area contributed by atoms with Crippen molar-refractivity contribution in [2.45, 2.75) is 12.8 Å². The molecule has 1 amide bonds. The average molecular weight is 413 g/mol. The molecule has 0 radical (unpaired) electrons. The molecule has 0 unspecified atom stereocenters. The highest BCUT2D eigenvalue weighted by Gasteiger charge is 2.16. The van der Waals surface area contributed by atoms with Gasteiger partial charge in [-0.1, -0.05) is 18.2 Å². The van der Waals surface area contributed by atoms with E-state index < -0.39 is 0 Å². The smallest absolute Gasteiger partial charge is 0.267 e. The summed E-state index contributed by atoms with van der Waals surface area (Å²) in [5.74, 6) is 0.152. The lowest BCUT2D eigenvalue weighted by Gasteiger charge is -2.03. The van der Waals surface area contributed by atoms with Crippen LogP contribution in [0.15, 0.2) is 47.1 Å². The fraction of sp³-hybridized carbons (Fsp3) is 0.167. The molecule has 2 heterocycles. The number of H-pyrrole nitrogens is 1. The van der Waals surface area contributed by atoms with Gasteiger partial charge >= 0.3 is 0 Å². The number of hydrogen-bond acceptors (Lipinski definition) is 4. The Kier molecular flexibility index (Phi) is 5.39. The molecule has 0 aliphatic rings. The van der Waals surface area contributed by atoms with Crippen LogP contribution in [0.1, 0.15) is 28.2 Å². The monoisotopic (exact) mass is 412 g/mol. The molecular formula is C18H17BrN6O. The number of halogens is 1. The lowest BCUT2D eigenvalue weighted by Crippen LogP contribution is -2.25. The number of nitrogens with two attached hydrogens (primary N) is 1. The van der Waals surface area contributed by atoms with E-state index in [1.807, 2.05) is 30.3 Å². The number of rotatable bonds is 6. The van der Waals surface area contributed by atoms with E-state index in [-0.39, 0.29) is 5.91 Å². The van der Waals surface area contributed by atoms with Gasteiger partial charge in [0.2, 0.25) is 0 Å². The SMILES string of the molecule is N#Cc1c(CCCNC(=O)c2cc(Br)c[nH]2)nn(-c2ccccc2)c1N. The lowest BCUT2D eigenvalue weighted by molar-refractivity contribution is 0.0949. The molecular weight excluding hydrogens is 396 g/mol. The number of nitrogen functional groups attached to an aromatic ring is 1. The van der Waals surface area contributed by atoms with Crippen LogP contribution in [0.4, 0.5) is 5.82 Å². The number of aromatic amines is 1. The van der Waals surface area contributed by atoms with Gasteiger partial charge in [-0.25, -0.2) is 4.68 Å². The number of nitriles is 1. The Morgan fingerprint density at radius 3 is 2.81 bits per heavy atom. The third kappa shape index (κ3) is 3.78. The normalized spacial score (nSPS) is 10.5. The Bertz CT molecular complexity index is 954. The number of carbonyl (C=O) groups excluding carboxylic acids is 1. The van der Waals surface area contributed by atoms with Crippen LogP contribution in [-0.2, 0) is 6.42 Å². The van der Waals surface area contributed by atoms with Gasteiger partial charge < -0.3 is 16.0 Å². The zero-order valence-electron chi connectivity index (χ0n) is 13.9. The zero-order valence-corrected chi connectivity index (χ0v) is 15.5. The molecule has 0 fully saturated rings. The summed E-state index contributed by atoms with van der Waals surface area (Å²) in [6.07, 6.45) is 2.89. The highest BCUT2D eigenvalue weighted by atomic mass is 79.9. The Hall–Kier alpha value is -3.05. The van der Waals surface area contributed by atoms with Crippen molar-refractivity contribution in [1.82, 2.24) is 20.1 Å². The van der Waals surface area contributed by atoms with E-state index in [4.69, 9.17) is 5.73 Å². The van der Waals surface area contributed by atoms with Crippen molar-refractivity contribution in [2.24, 2.45) is 0 Å². The standard InChI is InChI=1S/C18H17BrN6O/c19-12-9-16(23-11-12)18(26)22-8-4-7-15-14(10-20)17(21)25(24-15)13-5-2-1-3-6-13/h1-3,5-6,9,11,23H,4,7-8,21H2,(H,22,26). The van der Waals surface area contributed by atoms with Gasteiger partial charge in [-0.2, -0.15) is 10.4 Å². The second-order valence-corrected chi connectivity index (χ2v) is 6.57. The lowest BCUT2D eigenvalue weighted by atomic mass is 10.1. The number of nitrogens with one attached hydrogen (secondary N) is 2. The average Bonchev–Trinajstić information content (AvgIpc) is 3.22. The summed E-state index contributed by atoms with van der Waals surface area (Å²) < 4.78 is 2.39. The van der Waals surface area contributed by atoms with Gasteiger partial charge in [0.1, 0.15) is 23.1 Å². The van der Waals surface area contributed by atoms with Crippen LogP contribution in [0.5, 0.6) is 0 Å². The van der Waals surface area contributed by atoms with Crippen molar-refractivity contribution in [1.29, 1.82) is 5.26 Å². The topological polar surface area (TPSA) is 113 Å². The van der Waals surface area contributed by atoms with E-state index in [1.54, 1.807) is 16.9 Å². The summed E-state index contributed by atoms with van der Waals surface area (Å²) in [4.78, 5) is 14.9. The Labute approximate surface area is 158 Å². The molecule has 0 bridgehead atoms. The summed E-state index contributed by atoms with van der Waals surface area (Å²) in [5, 5.41) is 16.7. The number of aryl methyl sites for hydroxylation is 1. The molecule has 7 nitrogen and oxygen atoms in total. The van der Waals surface area contributed by atoms with Crippen molar-refractivity contribution in [3.8, 4) is 11.8 Å². The van der Waals surface area contributed by atoms with Gasteiger partial charge in [0.05, 0.1) is 11.4 Å². The van der Waals surface area contributed by atoms with Crippen molar-refractivity contribution >= 4 is 27.7 Å². The first-order valence-corrected chi connectivity index (χ1v) is 8.84. The minimum atomic E-state index is -0.175. The minimum absolute atomic E-state index is 0.175. The van der Waals surface area contributed by atoms with Gasteiger partial charge in [0, 0.05) is 17.2 Å². The molecule has 3 rings (SSSR count). The van der Waals surface area contributed by atoms with Gasteiger partial charge in [0.25, 0.3) is 5.91 Å². The molecule has 4 N–H and O–H groups in total. The third-order valence-electron chi connectivity index (χ3n) is 3.87. The molecule has 1 aromatic carbocycles. The van der Waals surface area contributed by atoms with Crippen molar-refractivity contribution in [2.75, 3.05) is 12.3 Å². The maximum absolute atomic E-state index is 12.0. The number of nitrogens with zero attached hydrogens (tertiary/aromatic N) is 3. The zero-order chi connectivity index (χ0) is 18.5. The van der Waals surface area contributed by atoms with Crippen LogP contribution in [0.2, 0.25) is 0 Å². The Morgan fingerprint density at radius 2 is 2.15 bits per heavy atom. The Morgan fingerprint density at radius 1 is 1.38 bits per heavy atom. The second kappa shape index (κ2) is 7.89. The number of benzene rings is 1. The number of para-hydroxylation sites is 1. The van der Waals surface area contributed by atoms with Crippen molar-refractivity contribution in [3.63, 3.8) is 0 Å². The minimum Gasteiger partial charge on any atom is -0.382 e. The van der Waals surface area contributed by atoms with Crippen LogP contribution in [0, 0.1) is 11.3 Å². The molecule has 0 aliphatic carbocycles. The molecule has 0 atom stereocenters. The predicted molar refractivity (Wildman–Crippen MR) is 102 cm³/mol.